The minimum atomic E-state index is -0.848. The molecule has 0 aromatic heterocycles. The highest BCUT2D eigenvalue weighted by atomic mass is 16.5. The largest absolute Gasteiger partial charge is 0.466 e. The van der Waals surface area contributed by atoms with Crippen LogP contribution in [-0.2, 0) is 14.3 Å². The summed E-state index contributed by atoms with van der Waals surface area (Å²) in [6.07, 6.45) is 77.6. The Balaban J connectivity index is 3.44. The molecule has 0 radical (unpaired) electrons. The Labute approximate surface area is 449 Å². The summed E-state index contributed by atoms with van der Waals surface area (Å²) in [5.41, 5.74) is 0. The van der Waals surface area contributed by atoms with Gasteiger partial charge in [-0.15, -0.1) is 0 Å². The maximum Gasteiger partial charge on any atom is 0.305 e. The van der Waals surface area contributed by atoms with E-state index >= 15 is 0 Å². The number of nitrogens with one attached hydrogen (secondary N) is 1. The van der Waals surface area contributed by atoms with E-state index in [-0.39, 0.29) is 18.5 Å². The molecule has 0 rings (SSSR count). The van der Waals surface area contributed by atoms with E-state index in [0.717, 1.165) is 44.9 Å². The molecule has 0 aromatic carbocycles. The first kappa shape index (κ1) is 70.1. The number of ether oxygens (including phenoxy) is 1. The lowest BCUT2D eigenvalue weighted by Crippen LogP contribution is -2.45. The van der Waals surface area contributed by atoms with E-state index in [0.29, 0.717) is 19.4 Å². The number of carbonyl (C=O) groups excluding carboxylic acids is 2. The molecule has 424 valence electrons. The minimum Gasteiger partial charge on any atom is -0.466 e. The van der Waals surface area contributed by atoms with E-state index in [1.165, 1.54) is 276 Å². The maximum absolute atomic E-state index is 12.5. The van der Waals surface area contributed by atoms with Crippen molar-refractivity contribution in [1.82, 2.24) is 5.32 Å². The number of rotatable bonds is 60. The Hall–Kier alpha value is -1.92. The average Bonchev–Trinajstić information content (AvgIpc) is 3.38. The Kier molecular flexibility index (Phi) is 60.0. The normalized spacial score (nSPS) is 12.8. The fraction of sp³-hybridized carbons (Fsp3) is 0.879. The summed E-state index contributed by atoms with van der Waals surface area (Å²) in [7, 11) is 0. The van der Waals surface area contributed by atoms with E-state index in [1.54, 1.807) is 6.08 Å². The maximum atomic E-state index is 12.5. The SMILES string of the molecule is CCCCC/C=C\CCCCCCCC(=O)OCCCCCCCCCCCCCC/C=C\CCCCCCCCCCC(=O)NC(CO)C(O)/C=C/CCCCCCCCCCCCCCCCCCC. The van der Waals surface area contributed by atoms with Crippen LogP contribution in [0.25, 0.3) is 0 Å². The summed E-state index contributed by atoms with van der Waals surface area (Å²) in [5.74, 6) is -0.0681. The number of aliphatic hydroxyl groups is 2. The number of carbonyl (C=O) groups is 2. The van der Waals surface area contributed by atoms with Crippen LogP contribution in [0, 0.1) is 0 Å². The fourth-order valence-corrected chi connectivity index (χ4v) is 9.92. The van der Waals surface area contributed by atoms with E-state index in [1.807, 2.05) is 6.08 Å². The topological polar surface area (TPSA) is 95.9 Å². The number of allylic oxidation sites excluding steroid dienone is 5. The predicted molar refractivity (Wildman–Crippen MR) is 315 cm³/mol. The van der Waals surface area contributed by atoms with Crippen LogP contribution in [-0.4, -0.2) is 47.4 Å². The molecule has 0 fully saturated rings. The van der Waals surface area contributed by atoms with Crippen molar-refractivity contribution in [2.75, 3.05) is 13.2 Å². The zero-order valence-corrected chi connectivity index (χ0v) is 48.4. The third-order valence-electron chi connectivity index (χ3n) is 14.9. The molecule has 6 heteroatoms. The molecule has 0 saturated carbocycles. The first-order valence-corrected chi connectivity index (χ1v) is 32.3. The molecule has 0 aliphatic heterocycles. The molecule has 2 unspecified atom stereocenters. The second-order valence-electron chi connectivity index (χ2n) is 22.1. The van der Waals surface area contributed by atoms with Crippen LogP contribution in [0.3, 0.4) is 0 Å². The van der Waals surface area contributed by atoms with Crippen LogP contribution in [0.2, 0.25) is 0 Å². The van der Waals surface area contributed by atoms with Crippen molar-refractivity contribution in [2.45, 2.75) is 360 Å². The number of esters is 1. The van der Waals surface area contributed by atoms with Gasteiger partial charge in [0.1, 0.15) is 0 Å². The number of aliphatic hydroxyl groups excluding tert-OH is 2. The average molecular weight is 1010 g/mol. The molecule has 0 spiro atoms. The van der Waals surface area contributed by atoms with Gasteiger partial charge in [0.2, 0.25) is 5.91 Å². The van der Waals surface area contributed by atoms with Gasteiger partial charge in [0.15, 0.2) is 0 Å². The zero-order valence-electron chi connectivity index (χ0n) is 48.4. The van der Waals surface area contributed by atoms with Crippen molar-refractivity contribution < 1.29 is 24.5 Å². The summed E-state index contributed by atoms with van der Waals surface area (Å²) >= 11 is 0. The zero-order chi connectivity index (χ0) is 52.2. The minimum absolute atomic E-state index is 0.00201. The van der Waals surface area contributed by atoms with Gasteiger partial charge in [-0.05, 0) is 83.5 Å². The molecule has 0 saturated heterocycles. The van der Waals surface area contributed by atoms with E-state index < -0.39 is 12.1 Å². The summed E-state index contributed by atoms with van der Waals surface area (Å²) in [6, 6.07) is -0.632. The van der Waals surface area contributed by atoms with Gasteiger partial charge < -0.3 is 20.3 Å². The number of hydrogen-bond acceptors (Lipinski definition) is 5. The molecule has 0 aromatic rings. The molecule has 6 nitrogen and oxygen atoms in total. The number of hydrogen-bond donors (Lipinski definition) is 3. The van der Waals surface area contributed by atoms with Gasteiger partial charge in [-0.3, -0.25) is 9.59 Å². The van der Waals surface area contributed by atoms with Gasteiger partial charge in [-0.2, -0.15) is 0 Å². The van der Waals surface area contributed by atoms with Gasteiger partial charge in [0.25, 0.3) is 0 Å². The Bertz CT molecular complexity index is 1170. The molecule has 0 bridgehead atoms. The number of amides is 1. The Morgan fingerprint density at radius 1 is 0.375 bits per heavy atom. The van der Waals surface area contributed by atoms with E-state index in [4.69, 9.17) is 4.74 Å². The van der Waals surface area contributed by atoms with Gasteiger partial charge >= 0.3 is 5.97 Å². The van der Waals surface area contributed by atoms with Crippen LogP contribution in [0.5, 0.6) is 0 Å². The van der Waals surface area contributed by atoms with E-state index in [9.17, 15) is 19.8 Å². The van der Waals surface area contributed by atoms with Gasteiger partial charge in [-0.1, -0.05) is 288 Å². The molecule has 1 amide bonds. The van der Waals surface area contributed by atoms with Crippen LogP contribution in [0.1, 0.15) is 348 Å². The lowest BCUT2D eigenvalue weighted by molar-refractivity contribution is -0.143. The van der Waals surface area contributed by atoms with Crippen molar-refractivity contribution in [3.8, 4) is 0 Å². The smallest absolute Gasteiger partial charge is 0.305 e. The van der Waals surface area contributed by atoms with Crippen LogP contribution in [0.4, 0.5) is 0 Å². The quantitative estimate of drug-likeness (QED) is 0.0320. The van der Waals surface area contributed by atoms with Gasteiger partial charge in [0.05, 0.1) is 25.4 Å². The molecule has 3 N–H and O–H groups in total. The van der Waals surface area contributed by atoms with Crippen molar-refractivity contribution in [3.05, 3.63) is 36.5 Å². The highest BCUT2D eigenvalue weighted by Gasteiger charge is 2.18. The molecule has 0 aliphatic rings. The molecule has 0 aliphatic carbocycles. The fourth-order valence-electron chi connectivity index (χ4n) is 9.92. The predicted octanol–water partition coefficient (Wildman–Crippen LogP) is 20.4. The third-order valence-corrected chi connectivity index (χ3v) is 14.9. The van der Waals surface area contributed by atoms with Crippen LogP contribution >= 0.6 is 0 Å². The Morgan fingerprint density at radius 3 is 1.01 bits per heavy atom. The summed E-state index contributed by atoms with van der Waals surface area (Å²) in [6.45, 7) is 4.90. The molecule has 72 heavy (non-hydrogen) atoms. The molecule has 2 atom stereocenters. The molecule has 0 heterocycles. The first-order valence-electron chi connectivity index (χ1n) is 32.3. The second-order valence-corrected chi connectivity index (χ2v) is 22.1. The summed E-state index contributed by atoms with van der Waals surface area (Å²) in [5, 5.41) is 23.2. The highest BCUT2D eigenvalue weighted by molar-refractivity contribution is 5.76. The van der Waals surface area contributed by atoms with Gasteiger partial charge in [0, 0.05) is 12.8 Å². The standard InChI is InChI=1S/C66H125NO5/c1-3-5-7-9-11-13-15-17-18-19-26-29-32-35-38-42-46-50-54-58-64(69)63(62-68)67-65(70)59-55-51-47-43-39-36-33-30-27-24-22-20-21-23-25-28-31-34-37-41-45-49-53-57-61-72-66(71)60-56-52-48-44-40-16-14-12-10-8-6-4-2/h12,14,22,24,54,58,63-64,68-69H,3-11,13,15-21,23,25-53,55-57,59-62H2,1-2H3,(H,67,70)/b14-12-,24-22-,58-54+. The van der Waals surface area contributed by atoms with Crippen molar-refractivity contribution in [2.24, 2.45) is 0 Å². The Morgan fingerprint density at radius 2 is 0.653 bits per heavy atom. The summed E-state index contributed by atoms with van der Waals surface area (Å²) < 4.78 is 5.47. The third kappa shape index (κ3) is 57.4. The molecular formula is C66H125NO5. The van der Waals surface area contributed by atoms with E-state index in [2.05, 4.69) is 43.5 Å². The van der Waals surface area contributed by atoms with Crippen molar-refractivity contribution in [1.29, 1.82) is 0 Å². The second kappa shape index (κ2) is 61.6. The van der Waals surface area contributed by atoms with Crippen molar-refractivity contribution >= 4 is 11.9 Å². The van der Waals surface area contributed by atoms with Gasteiger partial charge in [-0.25, -0.2) is 0 Å². The van der Waals surface area contributed by atoms with Crippen molar-refractivity contribution in [3.63, 3.8) is 0 Å². The summed E-state index contributed by atoms with van der Waals surface area (Å²) in [4.78, 5) is 24.5. The highest BCUT2D eigenvalue weighted by Crippen LogP contribution is 2.17. The lowest BCUT2D eigenvalue weighted by Gasteiger charge is -2.20. The first-order chi connectivity index (χ1) is 35.5. The number of unbranched alkanes of at least 4 members (excludes halogenated alkanes) is 45. The molecular weight excluding hydrogens is 887 g/mol. The van der Waals surface area contributed by atoms with Crippen LogP contribution in [0.15, 0.2) is 36.5 Å². The van der Waals surface area contributed by atoms with Crippen LogP contribution < -0.4 is 5.32 Å². The monoisotopic (exact) mass is 1010 g/mol. The lowest BCUT2D eigenvalue weighted by atomic mass is 10.0.